The van der Waals surface area contributed by atoms with Crippen molar-refractivity contribution in [1.82, 2.24) is 29.4 Å². The quantitative estimate of drug-likeness (QED) is 0.577. The molecule has 0 saturated carbocycles. The number of aryl methyl sites for hydroxylation is 3. The first kappa shape index (κ1) is 18.7. The average molecular weight is 390 g/mol. The van der Waals surface area contributed by atoms with Gasteiger partial charge in [0.05, 0.1) is 23.0 Å². The van der Waals surface area contributed by atoms with E-state index in [1.54, 1.807) is 29.5 Å². The molecule has 8 heteroatoms. The summed E-state index contributed by atoms with van der Waals surface area (Å²) in [5.41, 5.74) is 4.12. The lowest BCUT2D eigenvalue weighted by Crippen LogP contribution is -2.29. The number of pyridine rings is 1. The van der Waals surface area contributed by atoms with Gasteiger partial charge in [-0.15, -0.1) is 0 Å². The van der Waals surface area contributed by atoms with Crippen molar-refractivity contribution in [2.45, 2.75) is 20.4 Å². The molecule has 0 unspecified atom stereocenters. The summed E-state index contributed by atoms with van der Waals surface area (Å²) < 4.78 is 5.21. The second-order valence-corrected chi connectivity index (χ2v) is 7.07. The molecule has 0 spiro atoms. The van der Waals surface area contributed by atoms with Crippen molar-refractivity contribution in [3.05, 3.63) is 75.5 Å². The van der Waals surface area contributed by atoms with Gasteiger partial charge in [-0.2, -0.15) is 10.2 Å². The van der Waals surface area contributed by atoms with E-state index in [0.29, 0.717) is 11.0 Å². The second kappa shape index (κ2) is 7.05. The minimum atomic E-state index is -0.414. The first-order valence-corrected chi connectivity index (χ1v) is 9.28. The van der Waals surface area contributed by atoms with Gasteiger partial charge in [0, 0.05) is 38.1 Å². The number of para-hydroxylation sites is 1. The van der Waals surface area contributed by atoms with Crippen LogP contribution in [0.4, 0.5) is 0 Å². The molecule has 0 aliphatic rings. The third-order valence-electron chi connectivity index (χ3n) is 5.17. The Kier molecular flexibility index (Phi) is 4.54. The van der Waals surface area contributed by atoms with Crippen LogP contribution in [-0.2, 0) is 20.6 Å². The smallest absolute Gasteiger partial charge is 0.257 e. The van der Waals surface area contributed by atoms with Crippen molar-refractivity contribution >= 4 is 16.9 Å². The van der Waals surface area contributed by atoms with E-state index in [-0.39, 0.29) is 17.5 Å². The minimum absolute atomic E-state index is 0.0961. The molecule has 4 rings (SSSR count). The van der Waals surface area contributed by atoms with Crippen LogP contribution >= 0.6 is 0 Å². The zero-order valence-electron chi connectivity index (χ0n) is 16.8. The maximum Gasteiger partial charge on any atom is 0.257 e. The molecular weight excluding hydrogens is 368 g/mol. The highest BCUT2D eigenvalue weighted by molar-refractivity contribution is 5.96. The standard InChI is InChI=1S/C21H22N6O2/c1-13-16(14(2)27(24-13)15-8-6-5-7-9-15)10-22-20(29)18-12-25(3)21-17(19(18)28)11-23-26(21)4/h5-9,11-12H,10H2,1-4H3,(H,22,29). The van der Waals surface area contributed by atoms with Crippen molar-refractivity contribution in [2.75, 3.05) is 0 Å². The molecule has 1 amide bonds. The molecule has 4 aromatic rings. The fourth-order valence-corrected chi connectivity index (χ4v) is 3.65. The topological polar surface area (TPSA) is 86.7 Å². The van der Waals surface area contributed by atoms with Gasteiger partial charge in [0.2, 0.25) is 5.43 Å². The normalized spacial score (nSPS) is 11.2. The predicted octanol–water partition coefficient (Wildman–Crippen LogP) is 2.00. The van der Waals surface area contributed by atoms with E-state index in [0.717, 1.165) is 22.6 Å². The molecule has 0 fully saturated rings. The van der Waals surface area contributed by atoms with Crippen LogP contribution in [0.2, 0.25) is 0 Å². The SMILES string of the molecule is Cc1nn(-c2ccccc2)c(C)c1CNC(=O)c1cn(C)c2c(cnn2C)c1=O. The van der Waals surface area contributed by atoms with Crippen LogP contribution in [0.15, 0.2) is 47.5 Å². The van der Waals surface area contributed by atoms with Gasteiger partial charge in [-0.25, -0.2) is 4.68 Å². The van der Waals surface area contributed by atoms with E-state index in [2.05, 4.69) is 15.5 Å². The maximum absolute atomic E-state index is 12.8. The average Bonchev–Trinajstić information content (AvgIpc) is 3.24. The van der Waals surface area contributed by atoms with Crippen LogP contribution < -0.4 is 10.7 Å². The van der Waals surface area contributed by atoms with Gasteiger partial charge >= 0.3 is 0 Å². The lowest BCUT2D eigenvalue weighted by molar-refractivity contribution is 0.0949. The fourth-order valence-electron chi connectivity index (χ4n) is 3.65. The number of fused-ring (bicyclic) bond motifs is 1. The minimum Gasteiger partial charge on any atom is -0.348 e. The van der Waals surface area contributed by atoms with Gasteiger partial charge in [-0.05, 0) is 26.0 Å². The Morgan fingerprint density at radius 3 is 2.59 bits per heavy atom. The number of hydrogen-bond donors (Lipinski definition) is 1. The molecule has 1 N–H and O–H groups in total. The highest BCUT2D eigenvalue weighted by Gasteiger charge is 2.18. The van der Waals surface area contributed by atoms with Crippen molar-refractivity contribution in [3.63, 3.8) is 0 Å². The summed E-state index contributed by atoms with van der Waals surface area (Å²) >= 11 is 0. The zero-order chi connectivity index (χ0) is 20.7. The molecule has 3 heterocycles. The number of rotatable bonds is 4. The number of carbonyl (C=O) groups is 1. The van der Waals surface area contributed by atoms with E-state index in [1.807, 2.05) is 48.9 Å². The molecule has 1 aromatic carbocycles. The summed E-state index contributed by atoms with van der Waals surface area (Å²) in [6, 6.07) is 9.83. The van der Waals surface area contributed by atoms with Crippen LogP contribution in [0.5, 0.6) is 0 Å². The zero-order valence-corrected chi connectivity index (χ0v) is 16.8. The van der Waals surface area contributed by atoms with Crippen LogP contribution in [0.3, 0.4) is 0 Å². The van der Waals surface area contributed by atoms with Crippen molar-refractivity contribution in [3.8, 4) is 5.69 Å². The van der Waals surface area contributed by atoms with E-state index in [1.165, 1.54) is 6.20 Å². The lowest BCUT2D eigenvalue weighted by Gasteiger charge is -2.09. The molecule has 0 aliphatic heterocycles. The first-order chi connectivity index (χ1) is 13.9. The number of benzene rings is 1. The highest BCUT2D eigenvalue weighted by Crippen LogP contribution is 2.18. The number of hydrogen-bond acceptors (Lipinski definition) is 4. The molecule has 148 valence electrons. The summed E-state index contributed by atoms with van der Waals surface area (Å²) in [6.07, 6.45) is 3.04. The van der Waals surface area contributed by atoms with E-state index in [9.17, 15) is 9.59 Å². The number of nitrogens with zero attached hydrogens (tertiary/aromatic N) is 5. The molecule has 0 bridgehead atoms. The van der Waals surface area contributed by atoms with E-state index < -0.39 is 5.91 Å². The van der Waals surface area contributed by atoms with Crippen molar-refractivity contribution < 1.29 is 4.79 Å². The van der Waals surface area contributed by atoms with Crippen LogP contribution in [-0.4, -0.2) is 30.0 Å². The molecule has 0 atom stereocenters. The molecule has 0 saturated heterocycles. The van der Waals surface area contributed by atoms with Crippen LogP contribution in [0.1, 0.15) is 27.3 Å². The molecule has 3 aromatic heterocycles. The molecule has 8 nitrogen and oxygen atoms in total. The Bertz CT molecular complexity index is 1280. The van der Waals surface area contributed by atoms with Gasteiger partial charge in [0.25, 0.3) is 5.91 Å². The van der Waals surface area contributed by atoms with Crippen molar-refractivity contribution in [1.29, 1.82) is 0 Å². The molecule has 29 heavy (non-hydrogen) atoms. The Labute approximate surface area is 167 Å². The van der Waals surface area contributed by atoms with Crippen LogP contribution in [0.25, 0.3) is 16.7 Å². The predicted molar refractivity (Wildman–Crippen MR) is 110 cm³/mol. The summed E-state index contributed by atoms with van der Waals surface area (Å²) in [5, 5.41) is 12.0. The Hall–Kier alpha value is -3.68. The summed E-state index contributed by atoms with van der Waals surface area (Å²) in [7, 11) is 3.55. The second-order valence-electron chi connectivity index (χ2n) is 7.07. The Morgan fingerprint density at radius 2 is 1.86 bits per heavy atom. The Morgan fingerprint density at radius 1 is 1.14 bits per heavy atom. The van der Waals surface area contributed by atoms with E-state index in [4.69, 9.17) is 0 Å². The van der Waals surface area contributed by atoms with Gasteiger partial charge in [-0.1, -0.05) is 18.2 Å². The number of nitrogens with one attached hydrogen (secondary N) is 1. The number of amides is 1. The fraction of sp³-hybridized carbons (Fsp3) is 0.238. The third-order valence-corrected chi connectivity index (χ3v) is 5.17. The van der Waals surface area contributed by atoms with E-state index >= 15 is 0 Å². The van der Waals surface area contributed by atoms with Crippen molar-refractivity contribution in [2.24, 2.45) is 14.1 Å². The lowest BCUT2D eigenvalue weighted by atomic mass is 10.1. The molecule has 0 aliphatic carbocycles. The van der Waals surface area contributed by atoms with Gasteiger partial charge in [0.1, 0.15) is 11.2 Å². The van der Waals surface area contributed by atoms with Gasteiger partial charge in [0.15, 0.2) is 0 Å². The summed E-state index contributed by atoms with van der Waals surface area (Å²) in [5.74, 6) is -0.414. The first-order valence-electron chi connectivity index (χ1n) is 9.28. The largest absolute Gasteiger partial charge is 0.348 e. The van der Waals surface area contributed by atoms with Gasteiger partial charge < -0.3 is 9.88 Å². The Balaban J connectivity index is 1.61. The highest BCUT2D eigenvalue weighted by atomic mass is 16.2. The molecular formula is C21H22N6O2. The third kappa shape index (κ3) is 3.12. The number of aromatic nitrogens is 5. The molecule has 0 radical (unpaired) electrons. The summed E-state index contributed by atoms with van der Waals surface area (Å²) in [6.45, 7) is 4.17. The number of carbonyl (C=O) groups excluding carboxylic acids is 1. The monoisotopic (exact) mass is 390 g/mol. The van der Waals surface area contributed by atoms with Crippen LogP contribution in [0, 0.1) is 13.8 Å². The summed E-state index contributed by atoms with van der Waals surface area (Å²) in [4.78, 5) is 25.5. The van der Waals surface area contributed by atoms with Gasteiger partial charge in [-0.3, -0.25) is 14.3 Å². The maximum atomic E-state index is 12.8.